The maximum absolute atomic E-state index is 11.2. The van der Waals surface area contributed by atoms with E-state index in [9.17, 15) is 4.79 Å². The zero-order valence-electron chi connectivity index (χ0n) is 9.42. The molecule has 0 aliphatic rings. The van der Waals surface area contributed by atoms with Crippen LogP contribution >= 0.6 is 0 Å². The summed E-state index contributed by atoms with van der Waals surface area (Å²) in [6, 6.07) is 4.85. The normalized spacial score (nSPS) is 10.4. The largest absolute Gasteiger partial charge is 0.478 e. The van der Waals surface area contributed by atoms with Crippen molar-refractivity contribution in [3.05, 3.63) is 42.0 Å². The SMILES string of the molecule is CCc1nccn1-c1c(N)cccc1C(=O)O. The van der Waals surface area contributed by atoms with Crippen LogP contribution in [-0.2, 0) is 6.42 Å². The van der Waals surface area contributed by atoms with Gasteiger partial charge in [0.25, 0.3) is 0 Å². The maximum atomic E-state index is 11.2. The van der Waals surface area contributed by atoms with Crippen LogP contribution in [-0.4, -0.2) is 20.6 Å². The van der Waals surface area contributed by atoms with E-state index in [1.54, 1.807) is 29.1 Å². The van der Waals surface area contributed by atoms with Gasteiger partial charge in [0.05, 0.1) is 16.9 Å². The Bertz CT molecular complexity index is 561. The van der Waals surface area contributed by atoms with Crippen LogP contribution in [0.2, 0.25) is 0 Å². The summed E-state index contributed by atoms with van der Waals surface area (Å²) in [6.45, 7) is 1.96. The lowest BCUT2D eigenvalue weighted by molar-refractivity contribution is 0.0697. The van der Waals surface area contributed by atoms with Gasteiger partial charge in [-0.3, -0.25) is 0 Å². The number of para-hydroxylation sites is 1. The molecular weight excluding hydrogens is 218 g/mol. The zero-order chi connectivity index (χ0) is 12.4. The average molecular weight is 231 g/mol. The molecule has 17 heavy (non-hydrogen) atoms. The topological polar surface area (TPSA) is 81.1 Å². The minimum absolute atomic E-state index is 0.178. The van der Waals surface area contributed by atoms with E-state index < -0.39 is 5.97 Å². The lowest BCUT2D eigenvalue weighted by Crippen LogP contribution is -2.10. The van der Waals surface area contributed by atoms with Crippen LogP contribution in [0, 0.1) is 0 Å². The molecule has 0 amide bonds. The number of hydrogen-bond acceptors (Lipinski definition) is 3. The lowest BCUT2D eigenvalue weighted by atomic mass is 10.1. The first-order valence-corrected chi connectivity index (χ1v) is 5.29. The number of rotatable bonds is 3. The summed E-state index contributed by atoms with van der Waals surface area (Å²) in [4.78, 5) is 15.3. The number of aryl methyl sites for hydroxylation is 1. The van der Waals surface area contributed by atoms with Gasteiger partial charge >= 0.3 is 5.97 Å². The van der Waals surface area contributed by atoms with E-state index in [1.165, 1.54) is 6.07 Å². The molecule has 88 valence electrons. The first-order chi connectivity index (χ1) is 8.15. The van der Waals surface area contributed by atoms with Gasteiger partial charge in [-0.2, -0.15) is 0 Å². The third-order valence-corrected chi connectivity index (χ3v) is 2.57. The molecule has 0 saturated carbocycles. The van der Waals surface area contributed by atoms with Crippen molar-refractivity contribution in [2.75, 3.05) is 5.73 Å². The molecule has 1 aromatic carbocycles. The van der Waals surface area contributed by atoms with Crippen LogP contribution in [0.1, 0.15) is 23.1 Å². The Hall–Kier alpha value is -2.30. The molecule has 0 aliphatic heterocycles. The van der Waals surface area contributed by atoms with Crippen molar-refractivity contribution in [3.8, 4) is 5.69 Å². The standard InChI is InChI=1S/C12H13N3O2/c1-2-10-14-6-7-15(10)11-8(12(16)17)4-3-5-9(11)13/h3-7H,2,13H2,1H3,(H,16,17). The highest BCUT2D eigenvalue weighted by Crippen LogP contribution is 2.23. The summed E-state index contributed by atoms with van der Waals surface area (Å²) < 4.78 is 1.72. The van der Waals surface area contributed by atoms with Gasteiger partial charge in [0.15, 0.2) is 0 Å². The first-order valence-electron chi connectivity index (χ1n) is 5.29. The van der Waals surface area contributed by atoms with Crippen LogP contribution in [0.5, 0.6) is 0 Å². The van der Waals surface area contributed by atoms with E-state index in [2.05, 4.69) is 4.98 Å². The molecule has 0 saturated heterocycles. The molecule has 1 aromatic heterocycles. The van der Waals surface area contributed by atoms with E-state index in [-0.39, 0.29) is 5.56 Å². The van der Waals surface area contributed by atoms with Crippen molar-refractivity contribution in [1.29, 1.82) is 0 Å². The number of imidazole rings is 1. The van der Waals surface area contributed by atoms with Crippen LogP contribution < -0.4 is 5.73 Å². The Morgan fingerprint density at radius 3 is 2.94 bits per heavy atom. The van der Waals surface area contributed by atoms with Gasteiger partial charge < -0.3 is 15.4 Å². The summed E-state index contributed by atoms with van der Waals surface area (Å²) >= 11 is 0. The summed E-state index contributed by atoms with van der Waals surface area (Å²) in [5.74, 6) is -0.214. The van der Waals surface area contributed by atoms with Crippen molar-refractivity contribution in [2.45, 2.75) is 13.3 Å². The summed E-state index contributed by atoms with van der Waals surface area (Å²) in [5.41, 5.74) is 6.95. The average Bonchev–Trinajstić information content (AvgIpc) is 2.76. The Labute approximate surface area is 98.5 Å². The summed E-state index contributed by atoms with van der Waals surface area (Å²) in [6.07, 6.45) is 4.06. The van der Waals surface area contributed by atoms with E-state index in [0.29, 0.717) is 17.8 Å². The molecule has 3 N–H and O–H groups in total. The number of carboxylic acid groups (broad SMARTS) is 1. The molecule has 0 unspecified atom stereocenters. The number of aromatic carboxylic acids is 1. The fourth-order valence-corrected chi connectivity index (χ4v) is 1.80. The number of nitrogens with zero attached hydrogens (tertiary/aromatic N) is 2. The molecule has 0 atom stereocenters. The fourth-order valence-electron chi connectivity index (χ4n) is 1.80. The van der Waals surface area contributed by atoms with Crippen LogP contribution in [0.3, 0.4) is 0 Å². The fraction of sp³-hybridized carbons (Fsp3) is 0.167. The van der Waals surface area contributed by atoms with E-state index >= 15 is 0 Å². The Morgan fingerprint density at radius 2 is 2.29 bits per heavy atom. The molecule has 0 spiro atoms. The van der Waals surface area contributed by atoms with E-state index in [1.807, 2.05) is 6.92 Å². The predicted octanol–water partition coefficient (Wildman–Crippen LogP) is 1.72. The second kappa shape index (κ2) is 4.29. The number of carboxylic acids is 1. The maximum Gasteiger partial charge on any atom is 0.337 e. The molecular formula is C12H13N3O2. The van der Waals surface area contributed by atoms with Gasteiger partial charge in [0.2, 0.25) is 0 Å². The third-order valence-electron chi connectivity index (χ3n) is 2.57. The van der Waals surface area contributed by atoms with Crippen molar-refractivity contribution < 1.29 is 9.90 Å². The molecule has 0 bridgehead atoms. The van der Waals surface area contributed by atoms with Crippen molar-refractivity contribution >= 4 is 11.7 Å². The Kier molecular flexibility index (Phi) is 2.82. The number of aromatic nitrogens is 2. The number of nitrogen functional groups attached to an aromatic ring is 1. The minimum Gasteiger partial charge on any atom is -0.478 e. The van der Waals surface area contributed by atoms with Crippen LogP contribution in [0.4, 0.5) is 5.69 Å². The quantitative estimate of drug-likeness (QED) is 0.788. The van der Waals surface area contributed by atoms with Gasteiger partial charge in [0.1, 0.15) is 5.82 Å². The van der Waals surface area contributed by atoms with Gasteiger partial charge in [-0.1, -0.05) is 13.0 Å². The molecule has 0 radical (unpaired) electrons. The highest BCUT2D eigenvalue weighted by Gasteiger charge is 2.15. The van der Waals surface area contributed by atoms with Gasteiger partial charge in [-0.25, -0.2) is 9.78 Å². The molecule has 1 heterocycles. The monoisotopic (exact) mass is 231 g/mol. The Balaban J connectivity index is 2.70. The molecule has 0 fully saturated rings. The second-order valence-electron chi connectivity index (χ2n) is 3.62. The van der Waals surface area contributed by atoms with Gasteiger partial charge in [-0.05, 0) is 12.1 Å². The first kappa shape index (κ1) is 11.2. The van der Waals surface area contributed by atoms with E-state index in [0.717, 1.165) is 5.82 Å². The molecule has 5 heteroatoms. The molecule has 2 aromatic rings. The van der Waals surface area contributed by atoms with E-state index in [4.69, 9.17) is 10.8 Å². The van der Waals surface area contributed by atoms with Crippen LogP contribution in [0.15, 0.2) is 30.6 Å². The molecule has 0 aliphatic carbocycles. The van der Waals surface area contributed by atoms with Gasteiger partial charge in [-0.15, -0.1) is 0 Å². The number of carbonyl (C=O) groups is 1. The number of hydrogen-bond donors (Lipinski definition) is 2. The highest BCUT2D eigenvalue weighted by atomic mass is 16.4. The third kappa shape index (κ3) is 1.87. The minimum atomic E-state index is -0.997. The van der Waals surface area contributed by atoms with Crippen molar-refractivity contribution in [2.24, 2.45) is 0 Å². The summed E-state index contributed by atoms with van der Waals surface area (Å²) in [7, 11) is 0. The molecule has 5 nitrogen and oxygen atoms in total. The van der Waals surface area contributed by atoms with Gasteiger partial charge in [0, 0.05) is 18.8 Å². The number of nitrogens with two attached hydrogens (primary N) is 1. The second-order valence-corrected chi connectivity index (χ2v) is 3.62. The lowest BCUT2D eigenvalue weighted by Gasteiger charge is -2.12. The molecule has 2 rings (SSSR count). The van der Waals surface area contributed by atoms with Crippen molar-refractivity contribution in [3.63, 3.8) is 0 Å². The predicted molar refractivity (Wildman–Crippen MR) is 64.3 cm³/mol. The van der Waals surface area contributed by atoms with Crippen molar-refractivity contribution in [1.82, 2.24) is 9.55 Å². The van der Waals surface area contributed by atoms with Crippen LogP contribution in [0.25, 0.3) is 5.69 Å². The highest BCUT2D eigenvalue weighted by molar-refractivity contribution is 5.94. The number of benzene rings is 1. The zero-order valence-corrected chi connectivity index (χ0v) is 9.42. The Morgan fingerprint density at radius 1 is 1.53 bits per heavy atom. The summed E-state index contributed by atoms with van der Waals surface area (Å²) in [5, 5.41) is 9.16. The smallest absolute Gasteiger partial charge is 0.337 e. The number of anilines is 1.